The molecule has 0 aliphatic rings. The van der Waals surface area contributed by atoms with Gasteiger partial charge in [-0.05, 0) is 61.2 Å². The highest BCUT2D eigenvalue weighted by atomic mass is 16.3. The van der Waals surface area contributed by atoms with E-state index >= 15 is 0 Å². The minimum absolute atomic E-state index is 0.163. The van der Waals surface area contributed by atoms with Gasteiger partial charge < -0.3 is 9.73 Å². The first-order valence-electron chi connectivity index (χ1n) is 9.93. The summed E-state index contributed by atoms with van der Waals surface area (Å²) < 4.78 is 5.72. The second-order valence-electron chi connectivity index (χ2n) is 7.37. The zero-order valence-corrected chi connectivity index (χ0v) is 16.9. The lowest BCUT2D eigenvalue weighted by Crippen LogP contribution is -2.13. The van der Waals surface area contributed by atoms with Crippen LogP contribution in [-0.2, 0) is 0 Å². The van der Waals surface area contributed by atoms with Crippen LogP contribution in [0.5, 0.6) is 0 Å². The molecule has 1 unspecified atom stereocenters. The van der Waals surface area contributed by atoms with E-state index in [2.05, 4.69) is 36.3 Å². The Morgan fingerprint density at radius 3 is 2.52 bits per heavy atom. The number of aromatic nitrogens is 1. The van der Waals surface area contributed by atoms with Crippen LogP contribution in [-0.4, -0.2) is 10.9 Å². The van der Waals surface area contributed by atoms with E-state index in [0.29, 0.717) is 22.9 Å². The van der Waals surface area contributed by atoms with Gasteiger partial charge in [0.2, 0.25) is 0 Å². The summed E-state index contributed by atoms with van der Waals surface area (Å²) in [5.74, 6) is 1.80. The Balaban J connectivity index is 1.69. The van der Waals surface area contributed by atoms with E-state index in [1.807, 2.05) is 55.5 Å². The molecule has 146 valence electrons. The lowest BCUT2D eigenvalue weighted by atomic mass is 9.98. The zero-order chi connectivity index (χ0) is 20.4. The molecule has 1 amide bonds. The standard InChI is InChI=1S/C25H24N2O2/c1-4-16(2)18-10-12-19(13-11-18)26-25(28)21-15-23(24-14-9-17(3)29-24)27-22-8-6-5-7-20(21)22/h5-16H,4H2,1-3H3,(H,26,28). The van der Waals surface area contributed by atoms with Gasteiger partial charge in [-0.1, -0.05) is 44.2 Å². The largest absolute Gasteiger partial charge is 0.460 e. The number of aryl methyl sites for hydroxylation is 1. The van der Waals surface area contributed by atoms with Crippen molar-refractivity contribution in [1.82, 2.24) is 4.98 Å². The van der Waals surface area contributed by atoms with Gasteiger partial charge in [-0.2, -0.15) is 0 Å². The second-order valence-corrected chi connectivity index (χ2v) is 7.37. The van der Waals surface area contributed by atoms with Gasteiger partial charge in [0.25, 0.3) is 5.91 Å². The lowest BCUT2D eigenvalue weighted by molar-refractivity contribution is 0.102. The average molecular weight is 384 g/mol. The summed E-state index contributed by atoms with van der Waals surface area (Å²) in [5.41, 5.74) is 4.03. The van der Waals surface area contributed by atoms with Crippen molar-refractivity contribution < 1.29 is 9.21 Å². The fraction of sp³-hybridized carbons (Fsp3) is 0.200. The molecule has 4 rings (SSSR count). The monoisotopic (exact) mass is 384 g/mol. The molecule has 4 heteroatoms. The number of hydrogen-bond acceptors (Lipinski definition) is 3. The first-order chi connectivity index (χ1) is 14.0. The lowest BCUT2D eigenvalue weighted by Gasteiger charge is -2.12. The average Bonchev–Trinajstić information content (AvgIpc) is 3.19. The number of furan rings is 1. The Hall–Kier alpha value is -3.40. The van der Waals surface area contributed by atoms with Crippen molar-refractivity contribution in [3.8, 4) is 11.5 Å². The number of pyridine rings is 1. The Morgan fingerprint density at radius 2 is 1.83 bits per heavy atom. The predicted molar refractivity (Wildman–Crippen MR) is 117 cm³/mol. The number of fused-ring (bicyclic) bond motifs is 1. The zero-order valence-electron chi connectivity index (χ0n) is 16.9. The van der Waals surface area contributed by atoms with Gasteiger partial charge in [0.05, 0.1) is 11.1 Å². The molecule has 0 aliphatic heterocycles. The van der Waals surface area contributed by atoms with E-state index < -0.39 is 0 Å². The molecular weight excluding hydrogens is 360 g/mol. The van der Waals surface area contributed by atoms with Crippen LogP contribution < -0.4 is 5.32 Å². The van der Waals surface area contributed by atoms with Gasteiger partial charge in [0.1, 0.15) is 11.5 Å². The summed E-state index contributed by atoms with van der Waals surface area (Å²) in [6.45, 7) is 6.27. The van der Waals surface area contributed by atoms with Gasteiger partial charge in [-0.25, -0.2) is 4.98 Å². The topological polar surface area (TPSA) is 55.1 Å². The number of nitrogens with one attached hydrogen (secondary N) is 1. The number of nitrogens with zero attached hydrogens (tertiary/aromatic N) is 1. The van der Waals surface area contributed by atoms with Crippen LogP contribution in [0.15, 0.2) is 71.1 Å². The first kappa shape index (κ1) is 18.9. The van der Waals surface area contributed by atoms with E-state index in [1.54, 1.807) is 6.07 Å². The maximum absolute atomic E-state index is 13.1. The molecule has 0 fully saturated rings. The summed E-state index contributed by atoms with van der Waals surface area (Å²) in [4.78, 5) is 17.8. The molecule has 2 aromatic heterocycles. The van der Waals surface area contributed by atoms with Crippen molar-refractivity contribution in [2.24, 2.45) is 0 Å². The minimum atomic E-state index is -0.163. The summed E-state index contributed by atoms with van der Waals surface area (Å²) in [7, 11) is 0. The normalized spacial score (nSPS) is 12.1. The SMILES string of the molecule is CCC(C)c1ccc(NC(=O)c2cc(-c3ccc(C)o3)nc3ccccc23)cc1. The highest BCUT2D eigenvalue weighted by molar-refractivity contribution is 6.13. The molecule has 0 saturated heterocycles. The number of para-hydroxylation sites is 1. The molecule has 0 spiro atoms. The van der Waals surface area contributed by atoms with Gasteiger partial charge in [0.15, 0.2) is 5.76 Å². The van der Waals surface area contributed by atoms with Gasteiger partial charge in [0, 0.05) is 11.1 Å². The number of benzene rings is 2. The highest BCUT2D eigenvalue weighted by Crippen LogP contribution is 2.27. The Bertz CT molecular complexity index is 1160. The number of anilines is 1. The summed E-state index contributed by atoms with van der Waals surface area (Å²) in [5, 5.41) is 3.83. The molecule has 1 N–H and O–H groups in total. The van der Waals surface area contributed by atoms with Gasteiger partial charge >= 0.3 is 0 Å². The van der Waals surface area contributed by atoms with Crippen LogP contribution in [0.4, 0.5) is 5.69 Å². The molecule has 2 heterocycles. The molecule has 0 saturated carbocycles. The number of carbonyl (C=O) groups excluding carboxylic acids is 1. The fourth-order valence-electron chi connectivity index (χ4n) is 3.39. The first-order valence-corrected chi connectivity index (χ1v) is 9.93. The number of rotatable bonds is 5. The Labute approximate surface area is 170 Å². The van der Waals surface area contributed by atoms with Crippen LogP contribution in [0.3, 0.4) is 0 Å². The van der Waals surface area contributed by atoms with Crippen LogP contribution in [0, 0.1) is 6.92 Å². The number of hydrogen-bond donors (Lipinski definition) is 1. The Kier molecular flexibility index (Phi) is 5.17. The summed E-state index contributed by atoms with van der Waals surface area (Å²) in [6, 6.07) is 21.3. The van der Waals surface area contributed by atoms with Crippen molar-refractivity contribution in [3.63, 3.8) is 0 Å². The maximum atomic E-state index is 13.1. The van der Waals surface area contributed by atoms with Crippen LogP contribution >= 0.6 is 0 Å². The van der Waals surface area contributed by atoms with E-state index in [9.17, 15) is 4.79 Å². The maximum Gasteiger partial charge on any atom is 0.256 e. The quantitative estimate of drug-likeness (QED) is 0.423. The Morgan fingerprint density at radius 1 is 1.07 bits per heavy atom. The van der Waals surface area contributed by atoms with E-state index in [1.165, 1.54) is 5.56 Å². The van der Waals surface area contributed by atoms with E-state index in [-0.39, 0.29) is 5.91 Å². The highest BCUT2D eigenvalue weighted by Gasteiger charge is 2.16. The van der Waals surface area contributed by atoms with E-state index in [0.717, 1.165) is 28.8 Å². The molecule has 4 aromatic rings. The van der Waals surface area contributed by atoms with Gasteiger partial charge in [-0.15, -0.1) is 0 Å². The number of carbonyl (C=O) groups is 1. The molecular formula is C25H24N2O2. The van der Waals surface area contributed by atoms with Crippen molar-refractivity contribution in [1.29, 1.82) is 0 Å². The van der Waals surface area contributed by atoms with E-state index in [4.69, 9.17) is 4.42 Å². The third-order valence-electron chi connectivity index (χ3n) is 5.30. The fourth-order valence-corrected chi connectivity index (χ4v) is 3.39. The van der Waals surface area contributed by atoms with Crippen molar-refractivity contribution >= 4 is 22.5 Å². The molecule has 4 nitrogen and oxygen atoms in total. The number of amides is 1. The third kappa shape index (κ3) is 3.92. The molecule has 0 radical (unpaired) electrons. The summed E-state index contributed by atoms with van der Waals surface area (Å²) in [6.07, 6.45) is 1.09. The second kappa shape index (κ2) is 7.92. The van der Waals surface area contributed by atoms with Crippen molar-refractivity contribution in [2.45, 2.75) is 33.1 Å². The predicted octanol–water partition coefficient (Wildman–Crippen LogP) is 6.57. The molecule has 2 aromatic carbocycles. The third-order valence-corrected chi connectivity index (χ3v) is 5.30. The molecule has 0 bridgehead atoms. The van der Waals surface area contributed by atoms with Gasteiger partial charge in [-0.3, -0.25) is 4.79 Å². The summed E-state index contributed by atoms with van der Waals surface area (Å²) >= 11 is 0. The molecule has 1 atom stereocenters. The molecule has 0 aliphatic carbocycles. The smallest absolute Gasteiger partial charge is 0.256 e. The van der Waals surface area contributed by atoms with Crippen LogP contribution in [0.1, 0.15) is 47.9 Å². The van der Waals surface area contributed by atoms with Crippen LogP contribution in [0.25, 0.3) is 22.4 Å². The molecule has 29 heavy (non-hydrogen) atoms. The van der Waals surface area contributed by atoms with Crippen LogP contribution in [0.2, 0.25) is 0 Å². The van der Waals surface area contributed by atoms with Crippen molar-refractivity contribution in [2.75, 3.05) is 5.32 Å². The van der Waals surface area contributed by atoms with Crippen molar-refractivity contribution in [3.05, 3.63) is 83.6 Å². The minimum Gasteiger partial charge on any atom is -0.460 e.